The van der Waals surface area contributed by atoms with Gasteiger partial charge < -0.3 is 10.2 Å². The Morgan fingerprint density at radius 2 is 2.00 bits per heavy atom. The molecule has 0 aliphatic carbocycles. The van der Waals surface area contributed by atoms with Gasteiger partial charge in [-0.05, 0) is 12.1 Å². The van der Waals surface area contributed by atoms with Gasteiger partial charge in [0.15, 0.2) is 11.6 Å². The number of para-hydroxylation sites is 1. The number of nitrogens with one attached hydrogen (secondary N) is 1. The number of nitrogens with zero attached hydrogens (tertiary/aromatic N) is 1. The molecule has 3 aromatic rings. The highest BCUT2D eigenvalue weighted by atomic mass is 16.4. The third kappa shape index (κ3) is 1.19. The second kappa shape index (κ2) is 2.88. The monoisotopic (exact) mass is 199 g/mol. The Hall–Kier alpha value is -2.23. The summed E-state index contributed by atoms with van der Waals surface area (Å²) in [6, 6.07) is 11.4. The van der Waals surface area contributed by atoms with E-state index in [1.807, 2.05) is 30.3 Å². The van der Waals surface area contributed by atoms with Crippen molar-refractivity contribution in [2.45, 2.75) is 0 Å². The first-order valence-electron chi connectivity index (χ1n) is 4.63. The van der Waals surface area contributed by atoms with Gasteiger partial charge >= 0.3 is 0 Å². The Labute approximate surface area is 85.7 Å². The van der Waals surface area contributed by atoms with Crippen LogP contribution in [0, 0.1) is 0 Å². The van der Waals surface area contributed by atoms with E-state index in [1.54, 1.807) is 6.07 Å². The van der Waals surface area contributed by atoms with Crippen molar-refractivity contribution in [2.24, 2.45) is 0 Å². The van der Waals surface area contributed by atoms with Gasteiger partial charge in [0.05, 0.1) is 5.52 Å². The van der Waals surface area contributed by atoms with Gasteiger partial charge in [0.25, 0.3) is 0 Å². The number of anilines is 1. The van der Waals surface area contributed by atoms with Crippen molar-refractivity contribution in [3.8, 4) is 11.5 Å². The molecular weight excluding hydrogens is 190 g/mol. The molecule has 15 heavy (non-hydrogen) atoms. The lowest BCUT2D eigenvalue weighted by Crippen LogP contribution is -1.77. The summed E-state index contributed by atoms with van der Waals surface area (Å²) in [5.41, 5.74) is 7.31. The molecule has 2 aromatic heterocycles. The van der Waals surface area contributed by atoms with Crippen LogP contribution in [0.4, 0.5) is 5.88 Å². The minimum Gasteiger partial charge on any atom is -0.439 e. The zero-order valence-corrected chi connectivity index (χ0v) is 7.90. The summed E-state index contributed by atoms with van der Waals surface area (Å²) in [6.45, 7) is 0. The molecule has 0 unspecified atom stereocenters. The van der Waals surface area contributed by atoms with Crippen molar-refractivity contribution in [2.75, 3.05) is 5.73 Å². The standard InChI is InChI=1S/C11H9N3O/c12-10-6-5-9(15-10)11-7-3-1-2-4-8(7)13-14-11/h1-6H,12H2,(H,13,14). The van der Waals surface area contributed by atoms with Gasteiger partial charge in [0.2, 0.25) is 0 Å². The lowest BCUT2D eigenvalue weighted by atomic mass is 10.2. The molecule has 1 aromatic carbocycles. The molecule has 0 atom stereocenters. The lowest BCUT2D eigenvalue weighted by molar-refractivity contribution is 0.600. The predicted octanol–water partition coefficient (Wildman–Crippen LogP) is 2.41. The summed E-state index contributed by atoms with van der Waals surface area (Å²) in [6.07, 6.45) is 0. The smallest absolute Gasteiger partial charge is 0.191 e. The number of hydrogen-bond acceptors (Lipinski definition) is 3. The molecule has 0 aliphatic heterocycles. The molecule has 0 saturated carbocycles. The van der Waals surface area contributed by atoms with Gasteiger partial charge in [-0.3, -0.25) is 5.10 Å². The van der Waals surface area contributed by atoms with Crippen molar-refractivity contribution >= 4 is 16.8 Å². The normalized spacial score (nSPS) is 10.9. The van der Waals surface area contributed by atoms with Crippen LogP contribution in [0.2, 0.25) is 0 Å². The van der Waals surface area contributed by atoms with Crippen molar-refractivity contribution < 1.29 is 4.42 Å². The average molecular weight is 199 g/mol. The Morgan fingerprint density at radius 1 is 1.13 bits per heavy atom. The lowest BCUT2D eigenvalue weighted by Gasteiger charge is -1.91. The van der Waals surface area contributed by atoms with E-state index in [0.717, 1.165) is 16.6 Å². The first-order valence-corrected chi connectivity index (χ1v) is 4.63. The fourth-order valence-corrected chi connectivity index (χ4v) is 1.63. The highest BCUT2D eigenvalue weighted by Gasteiger charge is 2.10. The van der Waals surface area contributed by atoms with E-state index in [-0.39, 0.29) is 0 Å². The number of rotatable bonds is 1. The quantitative estimate of drug-likeness (QED) is 0.632. The summed E-state index contributed by atoms with van der Waals surface area (Å²) in [4.78, 5) is 0. The number of nitrogens with two attached hydrogens (primary N) is 1. The number of nitrogen functional groups attached to an aromatic ring is 1. The molecular formula is C11H9N3O. The number of furan rings is 1. The number of fused-ring (bicyclic) bond motifs is 1. The third-order valence-electron chi connectivity index (χ3n) is 2.33. The largest absolute Gasteiger partial charge is 0.439 e. The van der Waals surface area contributed by atoms with Crippen LogP contribution >= 0.6 is 0 Å². The number of aromatic amines is 1. The first kappa shape index (κ1) is 8.11. The average Bonchev–Trinajstić information content (AvgIpc) is 2.83. The number of benzene rings is 1. The molecule has 0 amide bonds. The summed E-state index contributed by atoms with van der Waals surface area (Å²) < 4.78 is 5.33. The SMILES string of the molecule is Nc1ccc(-c2n[nH]c3ccccc23)o1. The molecule has 74 valence electrons. The minimum absolute atomic E-state index is 0.400. The summed E-state index contributed by atoms with van der Waals surface area (Å²) in [7, 11) is 0. The highest BCUT2D eigenvalue weighted by Crippen LogP contribution is 2.27. The van der Waals surface area contributed by atoms with Crippen molar-refractivity contribution in [1.29, 1.82) is 0 Å². The maximum atomic E-state index is 5.52. The van der Waals surface area contributed by atoms with Crippen LogP contribution in [0.1, 0.15) is 0 Å². The van der Waals surface area contributed by atoms with Crippen LogP contribution in [0.15, 0.2) is 40.8 Å². The molecule has 0 radical (unpaired) electrons. The van der Waals surface area contributed by atoms with Crippen LogP contribution in [-0.2, 0) is 0 Å². The molecule has 0 saturated heterocycles. The summed E-state index contributed by atoms with van der Waals surface area (Å²) >= 11 is 0. The molecule has 0 aliphatic rings. The summed E-state index contributed by atoms with van der Waals surface area (Å²) in [5, 5.41) is 8.18. The molecule has 0 bridgehead atoms. The Kier molecular flexibility index (Phi) is 1.56. The number of aromatic nitrogens is 2. The zero-order chi connectivity index (χ0) is 10.3. The summed E-state index contributed by atoms with van der Waals surface area (Å²) in [5.74, 6) is 1.09. The van der Waals surface area contributed by atoms with E-state index in [0.29, 0.717) is 11.6 Å². The van der Waals surface area contributed by atoms with E-state index in [1.165, 1.54) is 0 Å². The molecule has 3 rings (SSSR count). The van der Waals surface area contributed by atoms with E-state index < -0.39 is 0 Å². The van der Waals surface area contributed by atoms with Crippen LogP contribution in [0.3, 0.4) is 0 Å². The molecule has 3 N–H and O–H groups in total. The van der Waals surface area contributed by atoms with Gasteiger partial charge in [-0.1, -0.05) is 18.2 Å². The number of hydrogen-bond donors (Lipinski definition) is 2. The van der Waals surface area contributed by atoms with Crippen LogP contribution in [-0.4, -0.2) is 10.2 Å². The van der Waals surface area contributed by atoms with E-state index in [2.05, 4.69) is 10.2 Å². The molecule has 4 nitrogen and oxygen atoms in total. The number of H-pyrrole nitrogens is 1. The molecule has 2 heterocycles. The van der Waals surface area contributed by atoms with Gasteiger partial charge in [-0.15, -0.1) is 0 Å². The van der Waals surface area contributed by atoms with Gasteiger partial charge in [-0.2, -0.15) is 5.10 Å². The van der Waals surface area contributed by atoms with Crippen LogP contribution in [0.5, 0.6) is 0 Å². The highest BCUT2D eigenvalue weighted by molar-refractivity contribution is 5.91. The predicted molar refractivity (Wildman–Crippen MR) is 58.2 cm³/mol. The fraction of sp³-hybridized carbons (Fsp3) is 0. The Balaban J connectivity index is 2.27. The Morgan fingerprint density at radius 3 is 2.80 bits per heavy atom. The van der Waals surface area contributed by atoms with E-state index in [9.17, 15) is 0 Å². The van der Waals surface area contributed by atoms with Crippen molar-refractivity contribution in [3.05, 3.63) is 36.4 Å². The van der Waals surface area contributed by atoms with E-state index in [4.69, 9.17) is 10.2 Å². The maximum Gasteiger partial charge on any atom is 0.191 e. The minimum atomic E-state index is 0.400. The van der Waals surface area contributed by atoms with Gasteiger partial charge in [0.1, 0.15) is 5.69 Å². The van der Waals surface area contributed by atoms with Crippen LogP contribution < -0.4 is 5.73 Å². The zero-order valence-electron chi connectivity index (χ0n) is 7.90. The maximum absolute atomic E-state index is 5.52. The fourth-order valence-electron chi connectivity index (χ4n) is 1.63. The second-order valence-electron chi connectivity index (χ2n) is 3.32. The molecule has 0 spiro atoms. The van der Waals surface area contributed by atoms with Crippen molar-refractivity contribution in [3.63, 3.8) is 0 Å². The third-order valence-corrected chi connectivity index (χ3v) is 2.33. The Bertz CT molecular complexity index is 609. The second-order valence-corrected chi connectivity index (χ2v) is 3.32. The van der Waals surface area contributed by atoms with Crippen molar-refractivity contribution in [1.82, 2.24) is 10.2 Å². The van der Waals surface area contributed by atoms with Crippen LogP contribution in [0.25, 0.3) is 22.4 Å². The van der Waals surface area contributed by atoms with E-state index >= 15 is 0 Å². The first-order chi connectivity index (χ1) is 7.34. The van der Waals surface area contributed by atoms with Gasteiger partial charge in [0, 0.05) is 11.5 Å². The topological polar surface area (TPSA) is 67.8 Å². The van der Waals surface area contributed by atoms with Gasteiger partial charge in [-0.25, -0.2) is 0 Å². The molecule has 0 fully saturated rings. The molecule has 4 heteroatoms.